The fraction of sp³-hybridized carbons (Fsp3) is 0.364. The van der Waals surface area contributed by atoms with Gasteiger partial charge >= 0.3 is 6.03 Å². The summed E-state index contributed by atoms with van der Waals surface area (Å²) in [6, 6.07) is 5.52. The van der Waals surface area contributed by atoms with Gasteiger partial charge in [0.25, 0.3) is 0 Å². The molecule has 0 radical (unpaired) electrons. The van der Waals surface area contributed by atoms with E-state index in [0.717, 1.165) is 42.8 Å². The fourth-order valence-electron chi connectivity index (χ4n) is 5.02. The van der Waals surface area contributed by atoms with Gasteiger partial charge < -0.3 is 10.2 Å². The third-order valence-electron chi connectivity index (χ3n) is 6.24. The Morgan fingerprint density at radius 3 is 2.65 bits per heavy atom. The van der Waals surface area contributed by atoms with Crippen molar-refractivity contribution >= 4 is 11.7 Å². The first-order valence-electron chi connectivity index (χ1n) is 10.3. The van der Waals surface area contributed by atoms with Crippen molar-refractivity contribution in [3.63, 3.8) is 0 Å². The highest BCUT2D eigenvalue weighted by Gasteiger charge is 2.60. The zero-order valence-electron chi connectivity index (χ0n) is 17.3. The minimum Gasteiger partial charge on any atom is -0.308 e. The molecule has 158 valence electrons. The van der Waals surface area contributed by atoms with Gasteiger partial charge in [-0.2, -0.15) is 0 Å². The van der Waals surface area contributed by atoms with E-state index < -0.39 is 11.4 Å². The number of piperidine rings is 1. The van der Waals surface area contributed by atoms with Crippen molar-refractivity contribution in [1.29, 1.82) is 0 Å². The first-order chi connectivity index (χ1) is 15.0. The third kappa shape index (κ3) is 3.30. The van der Waals surface area contributed by atoms with Crippen molar-refractivity contribution in [2.24, 2.45) is 5.92 Å². The number of halogens is 1. The second-order valence-corrected chi connectivity index (χ2v) is 8.45. The van der Waals surface area contributed by atoms with Crippen molar-refractivity contribution < 1.29 is 9.18 Å². The molecule has 2 amide bonds. The van der Waals surface area contributed by atoms with Crippen LogP contribution < -0.4 is 5.32 Å². The molecule has 2 aromatic heterocycles. The van der Waals surface area contributed by atoms with Crippen molar-refractivity contribution in [3.8, 4) is 11.4 Å². The van der Waals surface area contributed by atoms with Gasteiger partial charge in [-0.15, -0.1) is 0 Å². The number of carbonyl (C=O) groups excluding carboxylic acids is 1. The summed E-state index contributed by atoms with van der Waals surface area (Å²) in [4.78, 5) is 36.0. The van der Waals surface area contributed by atoms with Crippen LogP contribution in [0.2, 0.25) is 0 Å². The van der Waals surface area contributed by atoms with E-state index in [1.165, 1.54) is 12.7 Å². The van der Waals surface area contributed by atoms with Gasteiger partial charge in [-0.3, -0.25) is 0 Å². The number of urea groups is 1. The predicted octanol–water partition coefficient (Wildman–Crippen LogP) is 3.71. The summed E-state index contributed by atoms with van der Waals surface area (Å²) in [5.41, 5.74) is 1.80. The number of fused-ring (bicyclic) bond motifs is 2. The Balaban J connectivity index is 1.42. The van der Waals surface area contributed by atoms with E-state index in [9.17, 15) is 9.18 Å². The number of carbonyl (C=O) groups is 1. The average Bonchev–Trinajstić information content (AvgIpc) is 2.76. The molecule has 2 unspecified atom stereocenters. The van der Waals surface area contributed by atoms with Crippen LogP contribution in [0.3, 0.4) is 0 Å². The minimum atomic E-state index is -0.497. The number of aryl methyl sites for hydroxylation is 1. The van der Waals surface area contributed by atoms with E-state index >= 15 is 0 Å². The lowest BCUT2D eigenvalue weighted by molar-refractivity contribution is -0.100. The van der Waals surface area contributed by atoms with Gasteiger partial charge in [0, 0.05) is 17.3 Å². The summed E-state index contributed by atoms with van der Waals surface area (Å²) in [6.45, 7) is 4.12. The van der Waals surface area contributed by atoms with E-state index in [1.54, 1.807) is 0 Å². The van der Waals surface area contributed by atoms with E-state index in [4.69, 9.17) is 0 Å². The molecule has 9 heteroatoms. The first-order valence-corrected chi connectivity index (χ1v) is 10.3. The lowest BCUT2D eigenvalue weighted by atomic mass is 9.64. The highest BCUT2D eigenvalue weighted by Crippen LogP contribution is 2.54. The number of nitrogens with zero attached hydrogens (tertiary/aromatic N) is 6. The molecule has 4 heterocycles. The van der Waals surface area contributed by atoms with Crippen molar-refractivity contribution in [1.82, 2.24) is 29.8 Å². The molecule has 1 aromatic carbocycles. The molecular weight excluding hydrogens is 397 g/mol. The third-order valence-corrected chi connectivity index (χ3v) is 6.24. The number of amides is 2. The minimum absolute atomic E-state index is 0.158. The van der Waals surface area contributed by atoms with Gasteiger partial charge in [0.05, 0.1) is 12.4 Å². The van der Waals surface area contributed by atoms with Gasteiger partial charge in [0.1, 0.15) is 18.2 Å². The maximum absolute atomic E-state index is 13.3. The van der Waals surface area contributed by atoms with Gasteiger partial charge in [-0.1, -0.05) is 13.0 Å². The monoisotopic (exact) mass is 419 g/mol. The number of rotatable bonds is 3. The lowest BCUT2D eigenvalue weighted by Gasteiger charge is -2.62. The molecule has 5 rings (SSSR count). The Bertz CT molecular complexity index is 1120. The Labute approximate surface area is 179 Å². The predicted molar refractivity (Wildman–Crippen MR) is 111 cm³/mol. The van der Waals surface area contributed by atoms with E-state index in [0.29, 0.717) is 23.3 Å². The smallest absolute Gasteiger partial charge is 0.308 e. The second kappa shape index (κ2) is 7.33. The van der Waals surface area contributed by atoms with Crippen molar-refractivity contribution in [2.75, 3.05) is 5.32 Å². The SMILES string of the molecule is Cc1ccc(NC(=O)N2C3C[C@H](C)CC2(c2ncncn2)C3)cc1-c1ncc(F)cn1. The highest BCUT2D eigenvalue weighted by molar-refractivity contribution is 5.92. The summed E-state index contributed by atoms with van der Waals surface area (Å²) in [5, 5.41) is 3.02. The van der Waals surface area contributed by atoms with Crippen LogP contribution in [0, 0.1) is 18.7 Å². The second-order valence-electron chi connectivity index (χ2n) is 8.45. The lowest BCUT2D eigenvalue weighted by Crippen LogP contribution is -2.70. The van der Waals surface area contributed by atoms with Gasteiger partial charge in [0.2, 0.25) is 0 Å². The fourth-order valence-corrected chi connectivity index (χ4v) is 5.02. The highest BCUT2D eigenvalue weighted by atomic mass is 19.1. The normalized spacial score (nSPS) is 24.4. The summed E-state index contributed by atoms with van der Waals surface area (Å²) in [6.07, 6.45) is 7.87. The van der Waals surface area contributed by atoms with Crippen LogP contribution in [0.4, 0.5) is 14.9 Å². The molecule has 3 aromatic rings. The van der Waals surface area contributed by atoms with Crippen molar-refractivity contribution in [2.45, 2.75) is 44.7 Å². The maximum Gasteiger partial charge on any atom is 0.322 e. The molecule has 0 spiro atoms. The largest absolute Gasteiger partial charge is 0.322 e. The molecule has 2 bridgehead atoms. The van der Waals surface area contributed by atoms with Gasteiger partial charge in [0.15, 0.2) is 17.5 Å². The zero-order valence-corrected chi connectivity index (χ0v) is 17.3. The molecule has 3 atom stereocenters. The number of hydrogen-bond acceptors (Lipinski definition) is 6. The summed E-state index contributed by atoms with van der Waals surface area (Å²) in [5.74, 6) is 1.05. The molecule has 1 N–H and O–H groups in total. The Morgan fingerprint density at radius 2 is 1.90 bits per heavy atom. The number of nitrogens with one attached hydrogen (secondary N) is 1. The standard InChI is InChI=1S/C22H22FN7O/c1-13-5-17-8-22(7-13,20-27-11-24-12-28-20)30(17)21(31)29-16-4-3-14(2)18(6-16)19-25-9-15(23)10-26-19/h3-4,6,9-13,17H,5,7-8H2,1-2H3,(H,29,31)/t13-,17?,22?/m0/s1. The molecule has 8 nitrogen and oxygen atoms in total. The van der Waals surface area contributed by atoms with E-state index in [-0.39, 0.29) is 12.1 Å². The van der Waals surface area contributed by atoms with Crippen LogP contribution in [0.5, 0.6) is 0 Å². The number of hydrogen-bond donors (Lipinski definition) is 1. The van der Waals surface area contributed by atoms with Gasteiger partial charge in [-0.25, -0.2) is 34.1 Å². The van der Waals surface area contributed by atoms with Crippen LogP contribution in [0.25, 0.3) is 11.4 Å². The molecular formula is C22H22FN7O. The Hall–Kier alpha value is -3.49. The maximum atomic E-state index is 13.3. The van der Waals surface area contributed by atoms with Gasteiger partial charge in [-0.05, 0) is 49.8 Å². The number of anilines is 1. The zero-order chi connectivity index (χ0) is 21.6. The molecule has 2 aliphatic rings. The van der Waals surface area contributed by atoms with Crippen LogP contribution in [0.15, 0.2) is 43.2 Å². The van der Waals surface area contributed by atoms with Crippen LogP contribution >= 0.6 is 0 Å². The molecule has 0 saturated carbocycles. The Morgan fingerprint density at radius 1 is 1.16 bits per heavy atom. The average molecular weight is 419 g/mol. The number of benzene rings is 1. The summed E-state index contributed by atoms with van der Waals surface area (Å²) < 4.78 is 13.2. The number of aromatic nitrogens is 5. The molecule has 0 aliphatic carbocycles. The van der Waals surface area contributed by atoms with E-state index in [2.05, 4.69) is 37.2 Å². The van der Waals surface area contributed by atoms with Crippen LogP contribution in [-0.2, 0) is 5.54 Å². The Kier molecular flexibility index (Phi) is 4.60. The quantitative estimate of drug-likeness (QED) is 0.695. The molecule has 2 saturated heterocycles. The topological polar surface area (TPSA) is 96.8 Å². The summed E-state index contributed by atoms with van der Waals surface area (Å²) >= 11 is 0. The van der Waals surface area contributed by atoms with E-state index in [1.807, 2.05) is 30.0 Å². The first kappa shape index (κ1) is 19.5. The molecule has 2 aliphatic heterocycles. The summed E-state index contributed by atoms with van der Waals surface area (Å²) in [7, 11) is 0. The van der Waals surface area contributed by atoms with Crippen molar-refractivity contribution in [3.05, 3.63) is 60.5 Å². The molecule has 2 fully saturated rings. The van der Waals surface area contributed by atoms with Crippen LogP contribution in [0.1, 0.15) is 37.6 Å². The van der Waals surface area contributed by atoms with Crippen LogP contribution in [-0.4, -0.2) is 41.9 Å². The molecule has 31 heavy (non-hydrogen) atoms.